The van der Waals surface area contributed by atoms with Crippen LogP contribution >= 0.6 is 15.9 Å². The van der Waals surface area contributed by atoms with Crippen LogP contribution in [0.15, 0.2) is 30.3 Å². The van der Waals surface area contributed by atoms with E-state index in [0.29, 0.717) is 0 Å². The Bertz CT molecular complexity index is 340. The summed E-state index contributed by atoms with van der Waals surface area (Å²) >= 11 is 3.42. The number of nitrogens with one attached hydrogen (secondary N) is 1. The van der Waals surface area contributed by atoms with E-state index in [0.717, 1.165) is 23.9 Å². The molecule has 1 aromatic rings. The van der Waals surface area contributed by atoms with E-state index < -0.39 is 0 Å². The van der Waals surface area contributed by atoms with Gasteiger partial charge < -0.3 is 5.32 Å². The minimum absolute atomic E-state index is 0.0614. The summed E-state index contributed by atoms with van der Waals surface area (Å²) in [4.78, 5) is 11.9. The number of benzene rings is 1. The Morgan fingerprint density at radius 1 is 1.17 bits per heavy atom. The van der Waals surface area contributed by atoms with E-state index in [1.54, 1.807) is 0 Å². The topological polar surface area (TPSA) is 29.1 Å². The molecular weight excluding hydrogens is 290 g/mol. The van der Waals surface area contributed by atoms with Gasteiger partial charge in [0.15, 0.2) is 0 Å². The molecule has 0 aromatic heterocycles. The molecule has 2 nitrogen and oxygen atoms in total. The highest BCUT2D eigenvalue weighted by atomic mass is 79.9. The van der Waals surface area contributed by atoms with Crippen molar-refractivity contribution in [2.24, 2.45) is 0 Å². The van der Waals surface area contributed by atoms with E-state index in [-0.39, 0.29) is 11.8 Å². The highest BCUT2D eigenvalue weighted by Gasteiger charge is 2.13. The Morgan fingerprint density at radius 2 is 1.83 bits per heavy atom. The number of amides is 1. The number of rotatable bonds is 8. The van der Waals surface area contributed by atoms with Crippen LogP contribution < -0.4 is 5.32 Å². The molecule has 0 bridgehead atoms. The van der Waals surface area contributed by atoms with Gasteiger partial charge in [-0.15, -0.1) is 0 Å². The Morgan fingerprint density at radius 3 is 2.50 bits per heavy atom. The first kappa shape index (κ1) is 15.2. The predicted molar refractivity (Wildman–Crippen MR) is 80.1 cm³/mol. The Hall–Kier alpha value is -0.830. The van der Waals surface area contributed by atoms with E-state index in [2.05, 4.69) is 21.2 Å². The van der Waals surface area contributed by atoms with Crippen molar-refractivity contribution in [2.45, 2.75) is 38.5 Å². The van der Waals surface area contributed by atoms with Gasteiger partial charge in [0.1, 0.15) is 0 Å². The van der Waals surface area contributed by atoms with Crippen LogP contribution in [-0.2, 0) is 4.79 Å². The van der Waals surface area contributed by atoms with E-state index in [1.807, 2.05) is 37.3 Å². The highest BCUT2D eigenvalue weighted by molar-refractivity contribution is 9.09. The van der Waals surface area contributed by atoms with Crippen LogP contribution in [0.5, 0.6) is 0 Å². The number of hydrogen-bond donors (Lipinski definition) is 1. The second-order valence-electron chi connectivity index (χ2n) is 4.53. The van der Waals surface area contributed by atoms with Crippen molar-refractivity contribution >= 4 is 21.8 Å². The van der Waals surface area contributed by atoms with Crippen molar-refractivity contribution in [1.29, 1.82) is 0 Å². The molecule has 0 heterocycles. The molecule has 0 spiro atoms. The molecule has 18 heavy (non-hydrogen) atoms. The molecule has 0 aliphatic rings. The largest absolute Gasteiger partial charge is 0.356 e. The molecule has 1 amide bonds. The maximum Gasteiger partial charge on any atom is 0.227 e. The van der Waals surface area contributed by atoms with Crippen LogP contribution in [-0.4, -0.2) is 17.8 Å². The lowest BCUT2D eigenvalue weighted by molar-refractivity contribution is -0.122. The van der Waals surface area contributed by atoms with Gasteiger partial charge in [-0.3, -0.25) is 4.79 Å². The molecule has 100 valence electrons. The highest BCUT2D eigenvalue weighted by Crippen LogP contribution is 2.14. The lowest BCUT2D eigenvalue weighted by Crippen LogP contribution is -2.28. The minimum Gasteiger partial charge on any atom is -0.356 e. The maximum atomic E-state index is 11.9. The third kappa shape index (κ3) is 5.67. The Labute approximate surface area is 118 Å². The van der Waals surface area contributed by atoms with Gasteiger partial charge in [-0.2, -0.15) is 0 Å². The van der Waals surface area contributed by atoms with Crippen molar-refractivity contribution in [3.8, 4) is 0 Å². The fourth-order valence-corrected chi connectivity index (χ4v) is 2.23. The lowest BCUT2D eigenvalue weighted by atomic mass is 10.0. The van der Waals surface area contributed by atoms with Crippen LogP contribution in [0.1, 0.15) is 44.1 Å². The number of unbranched alkanes of at least 4 members (excludes halogenated alkanes) is 3. The number of halogens is 1. The zero-order valence-electron chi connectivity index (χ0n) is 11.0. The summed E-state index contributed by atoms with van der Waals surface area (Å²) in [6.07, 6.45) is 4.70. The summed E-state index contributed by atoms with van der Waals surface area (Å²) in [6.45, 7) is 2.74. The molecule has 0 aliphatic carbocycles. The molecule has 1 atom stereocenters. The van der Waals surface area contributed by atoms with Gasteiger partial charge in [0.05, 0.1) is 5.92 Å². The van der Waals surface area contributed by atoms with E-state index >= 15 is 0 Å². The lowest BCUT2D eigenvalue weighted by Gasteiger charge is -2.12. The molecule has 0 aliphatic heterocycles. The molecule has 1 aromatic carbocycles. The molecular formula is C15H22BrNO. The van der Waals surface area contributed by atoms with E-state index in [1.165, 1.54) is 19.3 Å². The Balaban J connectivity index is 2.20. The summed E-state index contributed by atoms with van der Waals surface area (Å²) in [5, 5.41) is 4.08. The summed E-state index contributed by atoms with van der Waals surface area (Å²) < 4.78 is 0. The molecule has 3 heteroatoms. The van der Waals surface area contributed by atoms with Crippen molar-refractivity contribution < 1.29 is 4.79 Å². The van der Waals surface area contributed by atoms with Gasteiger partial charge in [-0.25, -0.2) is 0 Å². The monoisotopic (exact) mass is 311 g/mol. The number of hydrogen-bond acceptors (Lipinski definition) is 1. The van der Waals surface area contributed by atoms with E-state index in [4.69, 9.17) is 0 Å². The van der Waals surface area contributed by atoms with Crippen molar-refractivity contribution in [3.05, 3.63) is 35.9 Å². The number of carbonyl (C=O) groups excluding carboxylic acids is 1. The second-order valence-corrected chi connectivity index (χ2v) is 5.32. The molecule has 0 saturated heterocycles. The first-order valence-electron chi connectivity index (χ1n) is 6.64. The molecule has 0 saturated carbocycles. The van der Waals surface area contributed by atoms with Crippen LogP contribution in [0.2, 0.25) is 0 Å². The SMILES string of the molecule is CC(C(=O)NCCCCCCBr)c1ccccc1. The number of alkyl halides is 1. The van der Waals surface area contributed by atoms with Gasteiger partial charge >= 0.3 is 0 Å². The normalized spacial score (nSPS) is 12.1. The predicted octanol–water partition coefficient (Wildman–Crippen LogP) is 3.86. The molecule has 1 rings (SSSR count). The fourth-order valence-electron chi connectivity index (χ4n) is 1.83. The first-order chi connectivity index (χ1) is 8.75. The summed E-state index contributed by atoms with van der Waals surface area (Å²) in [6, 6.07) is 9.91. The third-order valence-corrected chi connectivity index (χ3v) is 3.61. The second kappa shape index (κ2) is 9.15. The van der Waals surface area contributed by atoms with Gasteiger partial charge in [-0.1, -0.05) is 59.1 Å². The third-order valence-electron chi connectivity index (χ3n) is 3.05. The maximum absolute atomic E-state index is 11.9. The van der Waals surface area contributed by atoms with Crippen LogP contribution in [0.3, 0.4) is 0 Å². The average molecular weight is 312 g/mol. The van der Waals surface area contributed by atoms with Gasteiger partial charge in [-0.05, 0) is 25.3 Å². The zero-order valence-corrected chi connectivity index (χ0v) is 12.6. The van der Waals surface area contributed by atoms with Crippen molar-refractivity contribution in [1.82, 2.24) is 5.32 Å². The Kier molecular flexibility index (Phi) is 7.74. The number of carbonyl (C=O) groups is 1. The zero-order chi connectivity index (χ0) is 13.2. The standard InChI is InChI=1S/C15H22BrNO/c1-13(14-9-5-4-6-10-14)15(18)17-12-8-3-2-7-11-16/h4-6,9-10,13H,2-3,7-8,11-12H2,1H3,(H,17,18). The van der Waals surface area contributed by atoms with Crippen molar-refractivity contribution in [2.75, 3.05) is 11.9 Å². The molecule has 1 unspecified atom stereocenters. The average Bonchev–Trinajstić information content (AvgIpc) is 2.42. The minimum atomic E-state index is -0.0614. The smallest absolute Gasteiger partial charge is 0.227 e. The molecule has 1 N–H and O–H groups in total. The van der Waals surface area contributed by atoms with Gasteiger partial charge in [0.2, 0.25) is 5.91 Å². The van der Waals surface area contributed by atoms with Crippen LogP contribution in [0.25, 0.3) is 0 Å². The quantitative estimate of drug-likeness (QED) is 0.573. The summed E-state index contributed by atoms with van der Waals surface area (Å²) in [7, 11) is 0. The summed E-state index contributed by atoms with van der Waals surface area (Å²) in [5.41, 5.74) is 1.08. The molecule has 0 radical (unpaired) electrons. The fraction of sp³-hybridized carbons (Fsp3) is 0.533. The summed E-state index contributed by atoms with van der Waals surface area (Å²) in [5.74, 6) is 0.0652. The molecule has 0 fully saturated rings. The van der Waals surface area contributed by atoms with Gasteiger partial charge in [0, 0.05) is 11.9 Å². The van der Waals surface area contributed by atoms with E-state index in [9.17, 15) is 4.79 Å². The van der Waals surface area contributed by atoms with Crippen molar-refractivity contribution in [3.63, 3.8) is 0 Å². The van der Waals surface area contributed by atoms with Gasteiger partial charge in [0.25, 0.3) is 0 Å². The van der Waals surface area contributed by atoms with Crippen LogP contribution in [0, 0.1) is 0 Å². The van der Waals surface area contributed by atoms with Crippen LogP contribution in [0.4, 0.5) is 0 Å². The first-order valence-corrected chi connectivity index (χ1v) is 7.76.